The van der Waals surface area contributed by atoms with E-state index in [0.717, 1.165) is 30.2 Å². The zero-order valence-corrected chi connectivity index (χ0v) is 21.3. The van der Waals surface area contributed by atoms with Crippen LogP contribution in [0.4, 0.5) is 5.69 Å². The third-order valence-electron chi connectivity index (χ3n) is 5.51. The fourth-order valence-electron chi connectivity index (χ4n) is 3.65. The summed E-state index contributed by atoms with van der Waals surface area (Å²) in [5, 5.41) is 2.25. The molecule has 3 aromatic rings. The topological polar surface area (TPSA) is 114 Å². The summed E-state index contributed by atoms with van der Waals surface area (Å²) >= 11 is 3.25. The lowest BCUT2D eigenvalue weighted by Crippen LogP contribution is -2.31. The number of benzene rings is 2. The minimum absolute atomic E-state index is 0.0400. The number of hydrogen-bond acceptors (Lipinski definition) is 6. The number of nitrogens with zero attached hydrogens (tertiary/aromatic N) is 1. The van der Waals surface area contributed by atoms with Crippen molar-refractivity contribution in [1.82, 2.24) is 4.31 Å². The van der Waals surface area contributed by atoms with Crippen LogP contribution in [-0.2, 0) is 19.9 Å². The third-order valence-corrected chi connectivity index (χ3v) is 9.59. The molecule has 1 N–H and O–H groups in total. The van der Waals surface area contributed by atoms with Gasteiger partial charge in [0.15, 0.2) is 5.76 Å². The van der Waals surface area contributed by atoms with Gasteiger partial charge >= 0.3 is 0 Å². The van der Waals surface area contributed by atoms with Crippen molar-refractivity contribution >= 4 is 47.4 Å². The predicted molar refractivity (Wildman–Crippen MR) is 130 cm³/mol. The normalized spacial score (nSPS) is 15.6. The molecule has 0 unspecified atom stereocenters. The molecule has 1 fully saturated rings. The largest absolute Gasteiger partial charge is 0.439 e. The summed E-state index contributed by atoms with van der Waals surface area (Å²) in [7, 11) is -7.51. The summed E-state index contributed by atoms with van der Waals surface area (Å²) < 4.78 is 58.8. The second-order valence-corrected chi connectivity index (χ2v) is 12.6. The molecule has 1 aromatic heterocycles. The maximum absolute atomic E-state index is 12.9. The summed E-state index contributed by atoms with van der Waals surface area (Å²) in [6.07, 6.45) is 3.73. The fraction of sp³-hybridized carbons (Fsp3) is 0.261. The molecule has 8 nitrogen and oxygen atoms in total. The number of carbonyl (C=O) groups excluding carboxylic acids is 1. The number of sulfonamides is 1. The third kappa shape index (κ3) is 5.27. The molecule has 2 heterocycles. The molecule has 1 aliphatic rings. The Kier molecular flexibility index (Phi) is 7.27. The first kappa shape index (κ1) is 24.6. The average Bonchev–Trinajstić information content (AvgIpc) is 3.16. The van der Waals surface area contributed by atoms with Crippen LogP contribution in [0.2, 0.25) is 0 Å². The van der Waals surface area contributed by atoms with Crippen LogP contribution in [0.1, 0.15) is 36.2 Å². The second kappa shape index (κ2) is 10.0. The van der Waals surface area contributed by atoms with Crippen molar-refractivity contribution in [2.75, 3.05) is 18.4 Å². The Morgan fingerprint density at radius 2 is 1.38 bits per heavy atom. The lowest BCUT2D eigenvalue weighted by molar-refractivity contribution is 0.0991. The number of halogens is 1. The van der Waals surface area contributed by atoms with E-state index in [4.69, 9.17) is 4.42 Å². The Morgan fingerprint density at radius 3 is 2.00 bits per heavy atom. The Labute approximate surface area is 207 Å². The van der Waals surface area contributed by atoms with Crippen molar-refractivity contribution in [3.63, 3.8) is 0 Å². The average molecular weight is 567 g/mol. The molecule has 4 rings (SSSR count). The van der Waals surface area contributed by atoms with Crippen LogP contribution < -0.4 is 5.32 Å². The van der Waals surface area contributed by atoms with E-state index >= 15 is 0 Å². The van der Waals surface area contributed by atoms with E-state index in [1.54, 1.807) is 12.1 Å². The van der Waals surface area contributed by atoms with Crippen LogP contribution in [0.5, 0.6) is 0 Å². The molecule has 0 radical (unpaired) electrons. The molecule has 0 aliphatic carbocycles. The number of hydrogen-bond donors (Lipinski definition) is 1. The standard InChI is InChI=1S/C23H23BrN2O6S2/c24-17-5-9-19(10-6-17)33(28,29)22-14-13-21(32-22)23(27)25-18-7-11-20(12-8-18)34(30,31)26-15-3-1-2-4-16-26/h5-14H,1-4,15-16H2,(H,25,27). The van der Waals surface area contributed by atoms with Crippen molar-refractivity contribution in [2.45, 2.75) is 40.6 Å². The van der Waals surface area contributed by atoms with E-state index in [9.17, 15) is 21.6 Å². The molecule has 0 spiro atoms. The van der Waals surface area contributed by atoms with E-state index < -0.39 is 25.8 Å². The molecule has 0 bridgehead atoms. The summed E-state index contributed by atoms with van der Waals surface area (Å²) in [4.78, 5) is 12.8. The second-order valence-electron chi connectivity index (χ2n) is 7.87. The fourth-order valence-corrected chi connectivity index (χ4v) is 6.61. The number of anilines is 1. The number of nitrogens with one attached hydrogen (secondary N) is 1. The smallest absolute Gasteiger partial charge is 0.291 e. The van der Waals surface area contributed by atoms with E-state index in [2.05, 4.69) is 21.2 Å². The van der Waals surface area contributed by atoms with Crippen LogP contribution in [0.15, 0.2) is 84.4 Å². The summed E-state index contributed by atoms with van der Waals surface area (Å²) in [6, 6.07) is 14.4. The van der Waals surface area contributed by atoms with Gasteiger partial charge in [-0.1, -0.05) is 28.8 Å². The molecule has 2 aromatic carbocycles. The summed E-state index contributed by atoms with van der Waals surface area (Å²) in [5.41, 5.74) is 0.355. The molecule has 1 aliphatic heterocycles. The molecule has 11 heteroatoms. The van der Waals surface area contributed by atoms with Crippen LogP contribution in [0, 0.1) is 0 Å². The van der Waals surface area contributed by atoms with E-state index in [1.807, 2.05) is 0 Å². The quantitative estimate of drug-likeness (QED) is 0.462. The van der Waals surface area contributed by atoms with Crippen molar-refractivity contribution < 1.29 is 26.0 Å². The number of sulfone groups is 1. The molecule has 180 valence electrons. The van der Waals surface area contributed by atoms with Gasteiger partial charge in [0, 0.05) is 23.2 Å². The SMILES string of the molecule is O=C(Nc1ccc(S(=O)(=O)N2CCCCCC2)cc1)c1ccc(S(=O)(=O)c2ccc(Br)cc2)o1. The Hall–Kier alpha value is -2.47. The maximum atomic E-state index is 12.9. The minimum atomic E-state index is -3.92. The predicted octanol–water partition coefficient (Wildman–Crippen LogP) is 4.69. The first-order valence-corrected chi connectivity index (χ1v) is 14.4. The van der Waals surface area contributed by atoms with Gasteiger partial charge in [0.2, 0.25) is 25.0 Å². The first-order chi connectivity index (χ1) is 16.2. The lowest BCUT2D eigenvalue weighted by atomic mass is 10.2. The van der Waals surface area contributed by atoms with Crippen molar-refractivity contribution in [3.8, 4) is 0 Å². The maximum Gasteiger partial charge on any atom is 0.291 e. The van der Waals surface area contributed by atoms with Gasteiger partial charge in [-0.15, -0.1) is 0 Å². The van der Waals surface area contributed by atoms with E-state index in [1.165, 1.54) is 52.8 Å². The molecule has 1 amide bonds. The summed E-state index contributed by atoms with van der Waals surface area (Å²) in [6.45, 7) is 1.01. The van der Waals surface area contributed by atoms with Crippen molar-refractivity contribution in [1.29, 1.82) is 0 Å². The minimum Gasteiger partial charge on any atom is -0.439 e. The van der Waals surface area contributed by atoms with Gasteiger partial charge in [-0.2, -0.15) is 4.31 Å². The molecule has 0 saturated carbocycles. The highest BCUT2D eigenvalue weighted by Crippen LogP contribution is 2.25. The van der Waals surface area contributed by atoms with Gasteiger partial charge in [-0.25, -0.2) is 16.8 Å². The van der Waals surface area contributed by atoms with E-state index in [-0.39, 0.29) is 20.6 Å². The van der Waals surface area contributed by atoms with Gasteiger partial charge in [0.05, 0.1) is 9.79 Å². The summed E-state index contributed by atoms with van der Waals surface area (Å²) in [5.74, 6) is -0.836. The van der Waals surface area contributed by atoms with Crippen molar-refractivity contribution in [3.05, 3.63) is 70.9 Å². The zero-order valence-electron chi connectivity index (χ0n) is 18.1. The Morgan fingerprint density at radius 1 is 0.794 bits per heavy atom. The monoisotopic (exact) mass is 566 g/mol. The van der Waals surface area contributed by atoms with Crippen LogP contribution in [0.3, 0.4) is 0 Å². The van der Waals surface area contributed by atoms with Crippen LogP contribution in [0.25, 0.3) is 0 Å². The van der Waals surface area contributed by atoms with Gasteiger partial charge in [0.25, 0.3) is 5.91 Å². The Balaban J connectivity index is 1.46. The van der Waals surface area contributed by atoms with Gasteiger partial charge in [-0.05, 0) is 73.5 Å². The zero-order chi connectivity index (χ0) is 24.3. The number of carbonyl (C=O) groups is 1. The first-order valence-electron chi connectivity index (χ1n) is 10.7. The number of rotatable bonds is 6. The van der Waals surface area contributed by atoms with Gasteiger partial charge in [0.1, 0.15) is 0 Å². The number of amides is 1. The highest BCUT2D eigenvalue weighted by molar-refractivity contribution is 9.10. The van der Waals surface area contributed by atoms with Gasteiger partial charge in [-0.3, -0.25) is 4.79 Å². The van der Waals surface area contributed by atoms with Crippen LogP contribution in [-0.4, -0.2) is 40.1 Å². The molecule has 1 saturated heterocycles. The van der Waals surface area contributed by atoms with Crippen molar-refractivity contribution in [2.24, 2.45) is 0 Å². The lowest BCUT2D eigenvalue weighted by Gasteiger charge is -2.20. The van der Waals surface area contributed by atoms with Gasteiger partial charge < -0.3 is 9.73 Å². The number of furan rings is 1. The molecular weight excluding hydrogens is 544 g/mol. The highest BCUT2D eigenvalue weighted by Gasteiger charge is 2.26. The molecule has 0 atom stereocenters. The molecule has 34 heavy (non-hydrogen) atoms. The highest BCUT2D eigenvalue weighted by atomic mass is 79.9. The Bertz CT molecular complexity index is 1370. The van der Waals surface area contributed by atoms with Crippen LogP contribution >= 0.6 is 15.9 Å². The van der Waals surface area contributed by atoms with E-state index in [0.29, 0.717) is 18.8 Å². The molecular formula is C23H23BrN2O6S2.